The van der Waals surface area contributed by atoms with Gasteiger partial charge >= 0.3 is 0 Å². The predicted molar refractivity (Wildman–Crippen MR) is 81.6 cm³/mol. The molecule has 0 fully saturated rings. The Bertz CT molecular complexity index is 661. The minimum Gasteiger partial charge on any atom is -0.497 e. The second-order valence-corrected chi connectivity index (χ2v) is 5.59. The summed E-state index contributed by atoms with van der Waals surface area (Å²) in [6.45, 7) is 1.78. The highest BCUT2D eigenvalue weighted by Crippen LogP contribution is 2.30. The molecule has 0 aliphatic heterocycles. The lowest BCUT2D eigenvalue weighted by Crippen LogP contribution is -2.27. The summed E-state index contributed by atoms with van der Waals surface area (Å²) in [5.41, 5.74) is 0.637. The van der Waals surface area contributed by atoms with Crippen molar-refractivity contribution >= 4 is 17.7 Å². The number of methoxy groups -OCH3 is 2. The summed E-state index contributed by atoms with van der Waals surface area (Å²) in [5.74, 6) is 1.15. The van der Waals surface area contributed by atoms with E-state index >= 15 is 0 Å². The van der Waals surface area contributed by atoms with Crippen molar-refractivity contribution in [1.29, 1.82) is 0 Å². The van der Waals surface area contributed by atoms with Crippen molar-refractivity contribution in [2.45, 2.75) is 17.3 Å². The van der Waals surface area contributed by atoms with E-state index in [1.54, 1.807) is 46.4 Å². The molecule has 9 heteroatoms. The third-order valence-electron chi connectivity index (χ3n) is 2.95. The van der Waals surface area contributed by atoms with Crippen molar-refractivity contribution in [1.82, 2.24) is 25.5 Å². The van der Waals surface area contributed by atoms with Crippen LogP contribution in [-0.2, 0) is 4.79 Å². The number of nitrogens with zero attached hydrogens (tertiary/aromatic N) is 4. The number of aromatic nitrogens is 4. The molecule has 0 aliphatic rings. The van der Waals surface area contributed by atoms with Crippen molar-refractivity contribution in [2.24, 2.45) is 0 Å². The Morgan fingerprint density at radius 3 is 2.77 bits per heavy atom. The van der Waals surface area contributed by atoms with Crippen LogP contribution in [-0.4, -0.2) is 52.6 Å². The fraction of sp³-hybridized carbons (Fsp3) is 0.385. The van der Waals surface area contributed by atoms with Crippen LogP contribution in [0.15, 0.2) is 23.4 Å². The Morgan fingerprint density at radius 1 is 1.36 bits per heavy atom. The third-order valence-corrected chi connectivity index (χ3v) is 3.99. The minimum atomic E-state index is -0.327. The number of thioether (sulfide) groups is 1. The van der Waals surface area contributed by atoms with Gasteiger partial charge in [0.15, 0.2) is 0 Å². The molecule has 2 aromatic rings. The Morgan fingerprint density at radius 2 is 2.14 bits per heavy atom. The molecule has 0 radical (unpaired) electrons. The van der Waals surface area contributed by atoms with Gasteiger partial charge in [-0.25, -0.2) is 0 Å². The molecule has 1 heterocycles. The highest BCUT2D eigenvalue weighted by molar-refractivity contribution is 8.00. The fourth-order valence-corrected chi connectivity index (χ4v) is 2.64. The van der Waals surface area contributed by atoms with Crippen LogP contribution in [0.1, 0.15) is 6.92 Å². The zero-order valence-corrected chi connectivity index (χ0v) is 13.5. The van der Waals surface area contributed by atoms with E-state index in [0.717, 1.165) is 0 Å². The molecule has 118 valence electrons. The molecule has 2 rings (SSSR count). The van der Waals surface area contributed by atoms with Gasteiger partial charge in [0.1, 0.15) is 17.2 Å². The molecule has 1 amide bonds. The van der Waals surface area contributed by atoms with Crippen LogP contribution in [0, 0.1) is 0 Å². The lowest BCUT2D eigenvalue weighted by molar-refractivity contribution is -0.119. The first kappa shape index (κ1) is 16.1. The van der Waals surface area contributed by atoms with Crippen LogP contribution in [0.25, 0.3) is 5.69 Å². The van der Waals surface area contributed by atoms with E-state index in [9.17, 15) is 4.79 Å². The van der Waals surface area contributed by atoms with Gasteiger partial charge in [-0.05, 0) is 29.5 Å². The number of tetrazole rings is 1. The molecule has 0 spiro atoms. The summed E-state index contributed by atoms with van der Waals surface area (Å²) >= 11 is 1.26. The maximum Gasteiger partial charge on any atom is 0.233 e. The van der Waals surface area contributed by atoms with Gasteiger partial charge in [-0.2, -0.15) is 4.68 Å². The first-order chi connectivity index (χ1) is 10.6. The van der Waals surface area contributed by atoms with Crippen LogP contribution in [0.5, 0.6) is 11.5 Å². The van der Waals surface area contributed by atoms with E-state index in [4.69, 9.17) is 9.47 Å². The molecular weight excluding hydrogens is 306 g/mol. The van der Waals surface area contributed by atoms with E-state index < -0.39 is 0 Å². The van der Waals surface area contributed by atoms with Gasteiger partial charge in [-0.15, -0.1) is 5.10 Å². The minimum absolute atomic E-state index is 0.0999. The fourth-order valence-electron chi connectivity index (χ4n) is 1.78. The Kier molecular flexibility index (Phi) is 5.21. The Labute approximate surface area is 132 Å². The summed E-state index contributed by atoms with van der Waals surface area (Å²) in [6.07, 6.45) is 0. The maximum atomic E-state index is 11.7. The molecule has 22 heavy (non-hydrogen) atoms. The molecule has 0 bridgehead atoms. The molecule has 8 nitrogen and oxygen atoms in total. The number of benzene rings is 1. The smallest absolute Gasteiger partial charge is 0.233 e. The molecule has 1 atom stereocenters. The van der Waals surface area contributed by atoms with Gasteiger partial charge in [-0.1, -0.05) is 11.8 Å². The Hall–Kier alpha value is -2.29. The number of carbonyl (C=O) groups excluding carboxylic acids is 1. The molecule has 0 saturated heterocycles. The Balaban J connectivity index is 2.38. The average Bonchev–Trinajstić information content (AvgIpc) is 3.01. The topological polar surface area (TPSA) is 91.2 Å². The monoisotopic (exact) mass is 323 g/mol. The van der Waals surface area contributed by atoms with E-state index in [1.807, 2.05) is 0 Å². The summed E-state index contributed by atoms with van der Waals surface area (Å²) in [4.78, 5) is 11.7. The van der Waals surface area contributed by atoms with E-state index in [0.29, 0.717) is 22.3 Å². The number of nitrogens with one attached hydrogen (secondary N) is 1. The number of ether oxygens (including phenoxy) is 2. The molecule has 1 aromatic heterocycles. The number of rotatable bonds is 6. The van der Waals surface area contributed by atoms with Crippen LogP contribution in [0.3, 0.4) is 0 Å². The summed E-state index contributed by atoms with van der Waals surface area (Å²) in [5, 5.41) is 14.4. The van der Waals surface area contributed by atoms with Crippen molar-refractivity contribution in [3.63, 3.8) is 0 Å². The molecule has 1 unspecified atom stereocenters. The second-order valence-electron chi connectivity index (χ2n) is 4.29. The van der Waals surface area contributed by atoms with E-state index in [-0.39, 0.29) is 11.2 Å². The van der Waals surface area contributed by atoms with Crippen molar-refractivity contribution < 1.29 is 14.3 Å². The number of hydrogen-bond acceptors (Lipinski definition) is 7. The first-order valence-corrected chi connectivity index (χ1v) is 7.37. The normalized spacial score (nSPS) is 11.8. The lowest BCUT2D eigenvalue weighted by atomic mass is 10.3. The van der Waals surface area contributed by atoms with E-state index in [1.165, 1.54) is 16.4 Å². The van der Waals surface area contributed by atoms with Crippen LogP contribution < -0.4 is 14.8 Å². The van der Waals surface area contributed by atoms with Gasteiger partial charge in [0, 0.05) is 13.1 Å². The maximum absolute atomic E-state index is 11.7. The third kappa shape index (κ3) is 3.30. The lowest BCUT2D eigenvalue weighted by Gasteiger charge is -2.12. The summed E-state index contributed by atoms with van der Waals surface area (Å²) < 4.78 is 12.1. The van der Waals surface area contributed by atoms with Crippen LogP contribution >= 0.6 is 11.8 Å². The van der Waals surface area contributed by atoms with Gasteiger partial charge in [0.2, 0.25) is 11.1 Å². The highest BCUT2D eigenvalue weighted by Gasteiger charge is 2.20. The second kappa shape index (κ2) is 7.12. The summed E-state index contributed by atoms with van der Waals surface area (Å²) in [7, 11) is 4.73. The van der Waals surface area contributed by atoms with Crippen molar-refractivity contribution in [3.05, 3.63) is 18.2 Å². The SMILES string of the molecule is CNC(=O)C(C)Sc1nnnn1-c1cc(OC)ccc1OC. The van der Waals surface area contributed by atoms with Gasteiger partial charge < -0.3 is 14.8 Å². The molecule has 0 aliphatic carbocycles. The van der Waals surface area contributed by atoms with Crippen LogP contribution in [0.4, 0.5) is 0 Å². The van der Waals surface area contributed by atoms with E-state index in [2.05, 4.69) is 20.8 Å². The van der Waals surface area contributed by atoms with Gasteiger partial charge in [-0.3, -0.25) is 4.79 Å². The van der Waals surface area contributed by atoms with Crippen molar-refractivity contribution in [3.8, 4) is 17.2 Å². The highest BCUT2D eigenvalue weighted by atomic mass is 32.2. The molecule has 1 aromatic carbocycles. The number of amides is 1. The zero-order valence-electron chi connectivity index (χ0n) is 12.7. The molecular formula is C13H17N5O3S. The number of hydrogen-bond donors (Lipinski definition) is 1. The first-order valence-electron chi connectivity index (χ1n) is 6.49. The standard InChI is InChI=1S/C13H17N5O3S/c1-8(12(19)14-2)22-13-15-16-17-18(13)10-7-9(20-3)5-6-11(10)21-4/h5-8H,1-4H3,(H,14,19). The van der Waals surface area contributed by atoms with Crippen molar-refractivity contribution in [2.75, 3.05) is 21.3 Å². The van der Waals surface area contributed by atoms with Gasteiger partial charge in [0.05, 0.1) is 19.5 Å². The molecule has 0 saturated carbocycles. The van der Waals surface area contributed by atoms with Gasteiger partial charge in [0.25, 0.3) is 0 Å². The zero-order chi connectivity index (χ0) is 16.1. The number of carbonyl (C=O) groups is 1. The average molecular weight is 323 g/mol. The summed E-state index contributed by atoms with van der Waals surface area (Å²) in [6, 6.07) is 5.32. The largest absolute Gasteiger partial charge is 0.497 e. The predicted octanol–water partition coefficient (Wildman–Crippen LogP) is 0.906. The van der Waals surface area contributed by atoms with Crippen LogP contribution in [0.2, 0.25) is 0 Å². The molecule has 1 N–H and O–H groups in total. The quantitative estimate of drug-likeness (QED) is 0.790.